The number of aromatic nitrogens is 4. The molecular formula is C23H20N4O2. The zero-order valence-corrected chi connectivity index (χ0v) is 16.5. The van der Waals surface area contributed by atoms with Gasteiger partial charge in [-0.1, -0.05) is 36.4 Å². The smallest absolute Gasteiger partial charge is 0.180 e. The molecule has 0 aliphatic carbocycles. The number of Topliss-reactive ketones (excluding diaryl/α,β-unsaturated/α-hetero) is 2. The van der Waals surface area contributed by atoms with Gasteiger partial charge in [-0.15, -0.1) is 0 Å². The summed E-state index contributed by atoms with van der Waals surface area (Å²) < 4.78 is 3.39. The van der Waals surface area contributed by atoms with E-state index in [4.69, 9.17) is 0 Å². The van der Waals surface area contributed by atoms with E-state index >= 15 is 0 Å². The first kappa shape index (κ1) is 18.6. The molecule has 0 aliphatic heterocycles. The van der Waals surface area contributed by atoms with Crippen molar-refractivity contribution in [3.8, 4) is 22.5 Å². The van der Waals surface area contributed by atoms with Crippen molar-refractivity contribution < 1.29 is 9.59 Å². The predicted octanol–water partition coefficient (Wildman–Crippen LogP) is 4.44. The van der Waals surface area contributed by atoms with E-state index in [1.807, 2.05) is 67.6 Å². The molecule has 0 spiro atoms. The third kappa shape index (κ3) is 3.29. The Morgan fingerprint density at radius 2 is 1.31 bits per heavy atom. The summed E-state index contributed by atoms with van der Waals surface area (Å²) in [7, 11) is 0. The molecule has 6 heteroatoms. The van der Waals surface area contributed by atoms with Crippen LogP contribution in [-0.2, 0) is 0 Å². The molecule has 4 rings (SSSR count). The average Bonchev–Trinajstić information content (AvgIpc) is 3.31. The van der Waals surface area contributed by atoms with Gasteiger partial charge in [-0.3, -0.25) is 9.59 Å². The average molecular weight is 384 g/mol. The number of carbonyl (C=O) groups excluding carboxylic acids is 2. The van der Waals surface area contributed by atoms with E-state index in [1.54, 1.807) is 15.6 Å². The van der Waals surface area contributed by atoms with Gasteiger partial charge in [0.2, 0.25) is 0 Å². The fraction of sp³-hybridized carbons (Fsp3) is 0.130. The van der Waals surface area contributed by atoms with Gasteiger partial charge in [-0.2, -0.15) is 10.2 Å². The number of hydrogen-bond acceptors (Lipinski definition) is 4. The van der Waals surface area contributed by atoms with Gasteiger partial charge in [-0.25, -0.2) is 9.36 Å². The minimum atomic E-state index is -0.170. The normalized spacial score (nSPS) is 10.9. The van der Waals surface area contributed by atoms with Crippen LogP contribution in [0.5, 0.6) is 0 Å². The molecule has 0 saturated carbocycles. The van der Waals surface area contributed by atoms with Crippen LogP contribution < -0.4 is 0 Å². The van der Waals surface area contributed by atoms with E-state index in [0.717, 1.165) is 17.1 Å². The second-order valence-electron chi connectivity index (χ2n) is 6.84. The van der Waals surface area contributed by atoms with Gasteiger partial charge < -0.3 is 0 Å². The zero-order valence-electron chi connectivity index (χ0n) is 16.5. The molecule has 0 atom stereocenters. The largest absolute Gasteiger partial charge is 0.293 e. The SMILES string of the molecule is CC(=O)c1nn(-c2ccccc2)cc1-c1c(C(C)=O)nn(-c2ccccc2)c1C. The summed E-state index contributed by atoms with van der Waals surface area (Å²) in [5, 5.41) is 9.06. The number of benzene rings is 2. The van der Waals surface area contributed by atoms with Crippen molar-refractivity contribution >= 4 is 11.6 Å². The highest BCUT2D eigenvalue weighted by Crippen LogP contribution is 2.32. The second-order valence-corrected chi connectivity index (χ2v) is 6.84. The molecule has 2 aromatic heterocycles. The molecule has 29 heavy (non-hydrogen) atoms. The Morgan fingerprint density at radius 1 is 0.759 bits per heavy atom. The lowest BCUT2D eigenvalue weighted by Gasteiger charge is -2.05. The van der Waals surface area contributed by atoms with E-state index in [9.17, 15) is 9.59 Å². The fourth-order valence-corrected chi connectivity index (χ4v) is 3.42. The van der Waals surface area contributed by atoms with Gasteiger partial charge in [0.05, 0.1) is 11.4 Å². The van der Waals surface area contributed by atoms with Crippen LogP contribution in [0.3, 0.4) is 0 Å². The lowest BCUT2D eigenvalue weighted by Crippen LogP contribution is -2.01. The molecule has 6 nitrogen and oxygen atoms in total. The Morgan fingerprint density at radius 3 is 1.86 bits per heavy atom. The van der Waals surface area contributed by atoms with Crippen LogP contribution in [-0.4, -0.2) is 31.1 Å². The number of nitrogens with zero attached hydrogens (tertiary/aromatic N) is 4. The number of hydrogen-bond donors (Lipinski definition) is 0. The van der Waals surface area contributed by atoms with E-state index in [2.05, 4.69) is 10.2 Å². The summed E-state index contributed by atoms with van der Waals surface area (Å²) in [6.07, 6.45) is 1.79. The maximum Gasteiger partial charge on any atom is 0.180 e. The number of carbonyl (C=O) groups is 2. The Labute approximate surface area is 168 Å². The molecule has 0 N–H and O–H groups in total. The number of rotatable bonds is 5. The number of ketones is 2. The van der Waals surface area contributed by atoms with Gasteiger partial charge in [-0.05, 0) is 31.2 Å². The van der Waals surface area contributed by atoms with Gasteiger partial charge in [0, 0.05) is 36.9 Å². The second kappa shape index (κ2) is 7.31. The first-order valence-electron chi connectivity index (χ1n) is 9.29. The van der Waals surface area contributed by atoms with Gasteiger partial charge in [0.15, 0.2) is 11.6 Å². The Balaban J connectivity index is 1.97. The van der Waals surface area contributed by atoms with Crippen molar-refractivity contribution in [3.05, 3.63) is 83.9 Å². The van der Waals surface area contributed by atoms with Crippen molar-refractivity contribution in [1.29, 1.82) is 0 Å². The third-order valence-electron chi connectivity index (χ3n) is 4.79. The van der Waals surface area contributed by atoms with Gasteiger partial charge >= 0.3 is 0 Å². The molecule has 2 aromatic carbocycles. The summed E-state index contributed by atoms with van der Waals surface area (Å²) in [5.74, 6) is -0.337. The molecule has 0 saturated heterocycles. The van der Waals surface area contributed by atoms with Crippen molar-refractivity contribution in [3.63, 3.8) is 0 Å². The molecule has 144 valence electrons. The van der Waals surface area contributed by atoms with E-state index in [1.165, 1.54) is 13.8 Å². The minimum absolute atomic E-state index is 0.167. The minimum Gasteiger partial charge on any atom is -0.293 e. The van der Waals surface area contributed by atoms with Crippen LogP contribution in [0.2, 0.25) is 0 Å². The summed E-state index contributed by atoms with van der Waals surface area (Å²) in [4.78, 5) is 24.8. The van der Waals surface area contributed by atoms with E-state index in [0.29, 0.717) is 22.5 Å². The monoisotopic (exact) mass is 384 g/mol. The molecule has 0 fully saturated rings. The highest BCUT2D eigenvalue weighted by atomic mass is 16.1. The summed E-state index contributed by atoms with van der Waals surface area (Å²) in [5.41, 5.74) is 4.32. The van der Waals surface area contributed by atoms with Crippen molar-refractivity contribution in [2.75, 3.05) is 0 Å². The van der Waals surface area contributed by atoms with Gasteiger partial charge in [0.1, 0.15) is 11.4 Å². The zero-order chi connectivity index (χ0) is 20.5. The molecule has 2 heterocycles. The maximum absolute atomic E-state index is 12.4. The third-order valence-corrected chi connectivity index (χ3v) is 4.79. The topological polar surface area (TPSA) is 69.8 Å². The predicted molar refractivity (Wildman–Crippen MR) is 111 cm³/mol. The first-order valence-corrected chi connectivity index (χ1v) is 9.29. The van der Waals surface area contributed by atoms with Gasteiger partial charge in [0.25, 0.3) is 0 Å². The summed E-state index contributed by atoms with van der Waals surface area (Å²) >= 11 is 0. The van der Waals surface area contributed by atoms with Crippen LogP contribution in [0.1, 0.15) is 40.5 Å². The van der Waals surface area contributed by atoms with Crippen LogP contribution in [0.15, 0.2) is 66.9 Å². The maximum atomic E-state index is 12.4. The molecule has 4 aromatic rings. The van der Waals surface area contributed by atoms with E-state index in [-0.39, 0.29) is 11.6 Å². The molecule has 0 bridgehead atoms. The first-order chi connectivity index (χ1) is 14.0. The number of para-hydroxylation sites is 2. The Hall–Kier alpha value is -3.80. The van der Waals surface area contributed by atoms with Crippen LogP contribution in [0.4, 0.5) is 0 Å². The molecule has 0 aliphatic rings. The van der Waals surface area contributed by atoms with Crippen molar-refractivity contribution in [2.24, 2.45) is 0 Å². The lowest BCUT2D eigenvalue weighted by molar-refractivity contribution is 0.0998. The molecule has 0 amide bonds. The van der Waals surface area contributed by atoms with Crippen LogP contribution in [0.25, 0.3) is 22.5 Å². The Bertz CT molecular complexity index is 1200. The summed E-state index contributed by atoms with van der Waals surface area (Å²) in [6.45, 7) is 4.85. The standard InChI is InChI=1S/C23H20N4O2/c1-15-21(23(17(3)29)25-27(15)19-12-8-5-9-13-19)20-14-26(24-22(20)16(2)28)18-10-6-4-7-11-18/h4-14H,1-3H3. The quantitative estimate of drug-likeness (QED) is 0.477. The summed E-state index contributed by atoms with van der Waals surface area (Å²) in [6, 6.07) is 19.2. The highest BCUT2D eigenvalue weighted by molar-refractivity contribution is 6.05. The fourth-order valence-electron chi connectivity index (χ4n) is 3.42. The molecule has 0 unspecified atom stereocenters. The van der Waals surface area contributed by atoms with Crippen molar-refractivity contribution in [1.82, 2.24) is 19.6 Å². The highest BCUT2D eigenvalue weighted by Gasteiger charge is 2.26. The molecular weight excluding hydrogens is 364 g/mol. The van der Waals surface area contributed by atoms with Crippen LogP contribution in [0, 0.1) is 6.92 Å². The lowest BCUT2D eigenvalue weighted by atomic mass is 10.0. The molecule has 0 radical (unpaired) electrons. The Kier molecular flexibility index (Phi) is 4.68. The van der Waals surface area contributed by atoms with Crippen LogP contribution >= 0.6 is 0 Å². The van der Waals surface area contributed by atoms with Crippen molar-refractivity contribution in [2.45, 2.75) is 20.8 Å². The van der Waals surface area contributed by atoms with E-state index < -0.39 is 0 Å².